The SMILES string of the molecule is CCCC[C@H](NC(=O)c1cccc(O)c1)C(=O)OC. The van der Waals surface area contributed by atoms with Gasteiger partial charge < -0.3 is 15.2 Å². The fraction of sp³-hybridized carbons (Fsp3) is 0.429. The molecule has 2 N–H and O–H groups in total. The molecule has 1 amide bonds. The van der Waals surface area contributed by atoms with Gasteiger partial charge in [0.2, 0.25) is 0 Å². The Labute approximate surface area is 112 Å². The smallest absolute Gasteiger partial charge is 0.328 e. The lowest BCUT2D eigenvalue weighted by Gasteiger charge is -2.16. The van der Waals surface area contributed by atoms with Gasteiger partial charge in [-0.15, -0.1) is 0 Å². The standard InChI is InChI=1S/C14H19NO4/c1-3-4-8-12(14(18)19-2)15-13(17)10-6-5-7-11(16)9-10/h5-7,9,12,16H,3-4,8H2,1-2H3,(H,15,17)/t12-/m0/s1. The molecule has 0 bridgehead atoms. The van der Waals surface area contributed by atoms with Crippen LogP contribution in [-0.4, -0.2) is 30.1 Å². The van der Waals surface area contributed by atoms with Gasteiger partial charge in [-0.05, 0) is 24.6 Å². The molecule has 1 aromatic carbocycles. The summed E-state index contributed by atoms with van der Waals surface area (Å²) in [5, 5.41) is 11.9. The molecule has 0 aromatic heterocycles. The third-order valence-electron chi connectivity index (χ3n) is 2.75. The van der Waals surface area contributed by atoms with Gasteiger partial charge in [0.25, 0.3) is 5.91 Å². The maximum absolute atomic E-state index is 12.0. The number of benzene rings is 1. The van der Waals surface area contributed by atoms with Gasteiger partial charge in [-0.1, -0.05) is 25.8 Å². The Balaban J connectivity index is 2.72. The van der Waals surface area contributed by atoms with E-state index in [1.54, 1.807) is 12.1 Å². The first-order valence-corrected chi connectivity index (χ1v) is 6.26. The number of aromatic hydroxyl groups is 1. The molecule has 5 heteroatoms. The van der Waals surface area contributed by atoms with Gasteiger partial charge >= 0.3 is 5.97 Å². The molecule has 5 nitrogen and oxygen atoms in total. The van der Waals surface area contributed by atoms with Crippen molar-refractivity contribution in [1.29, 1.82) is 0 Å². The second-order valence-corrected chi connectivity index (χ2v) is 4.24. The minimum absolute atomic E-state index is 0.0100. The van der Waals surface area contributed by atoms with Gasteiger partial charge in [0.1, 0.15) is 11.8 Å². The number of ether oxygens (including phenoxy) is 1. The Bertz CT molecular complexity index is 445. The van der Waals surface area contributed by atoms with Gasteiger partial charge in [-0.25, -0.2) is 4.79 Å². The number of phenols is 1. The summed E-state index contributed by atoms with van der Waals surface area (Å²) < 4.78 is 4.67. The van der Waals surface area contributed by atoms with Crippen LogP contribution in [0.15, 0.2) is 24.3 Å². The van der Waals surface area contributed by atoms with E-state index in [-0.39, 0.29) is 5.75 Å². The summed E-state index contributed by atoms with van der Waals surface area (Å²) in [5.74, 6) is -0.847. The van der Waals surface area contributed by atoms with Crippen molar-refractivity contribution in [3.63, 3.8) is 0 Å². The molecule has 1 rings (SSSR count). The highest BCUT2D eigenvalue weighted by Gasteiger charge is 2.21. The highest BCUT2D eigenvalue weighted by molar-refractivity contribution is 5.97. The van der Waals surface area contributed by atoms with Crippen molar-refractivity contribution in [1.82, 2.24) is 5.32 Å². The van der Waals surface area contributed by atoms with Gasteiger partial charge in [-0.2, -0.15) is 0 Å². The molecule has 0 heterocycles. The van der Waals surface area contributed by atoms with E-state index < -0.39 is 17.9 Å². The Morgan fingerprint density at radius 3 is 2.74 bits per heavy atom. The van der Waals surface area contributed by atoms with E-state index in [2.05, 4.69) is 10.1 Å². The third-order valence-corrected chi connectivity index (χ3v) is 2.75. The lowest BCUT2D eigenvalue weighted by molar-refractivity contribution is -0.143. The number of hydrogen-bond acceptors (Lipinski definition) is 4. The van der Waals surface area contributed by atoms with Crippen LogP contribution in [0.1, 0.15) is 36.5 Å². The molecule has 19 heavy (non-hydrogen) atoms. The van der Waals surface area contributed by atoms with E-state index in [0.29, 0.717) is 12.0 Å². The quantitative estimate of drug-likeness (QED) is 0.770. The fourth-order valence-electron chi connectivity index (χ4n) is 1.69. The molecule has 0 fully saturated rings. The van der Waals surface area contributed by atoms with Gasteiger partial charge in [0.05, 0.1) is 7.11 Å². The van der Waals surface area contributed by atoms with Crippen LogP contribution >= 0.6 is 0 Å². The largest absolute Gasteiger partial charge is 0.508 e. The molecule has 0 saturated heterocycles. The number of unbranched alkanes of at least 4 members (excludes halogenated alkanes) is 1. The fourth-order valence-corrected chi connectivity index (χ4v) is 1.69. The zero-order valence-corrected chi connectivity index (χ0v) is 11.2. The summed E-state index contributed by atoms with van der Waals surface area (Å²) >= 11 is 0. The van der Waals surface area contributed by atoms with E-state index in [1.165, 1.54) is 19.2 Å². The summed E-state index contributed by atoms with van der Waals surface area (Å²) in [6.45, 7) is 2.01. The summed E-state index contributed by atoms with van der Waals surface area (Å²) in [7, 11) is 1.29. The second kappa shape index (κ2) is 7.41. The number of amides is 1. The van der Waals surface area contributed by atoms with Crippen LogP contribution in [0, 0.1) is 0 Å². The summed E-state index contributed by atoms with van der Waals surface area (Å²) in [6.07, 6.45) is 2.28. The summed E-state index contributed by atoms with van der Waals surface area (Å²) in [4.78, 5) is 23.5. The summed E-state index contributed by atoms with van der Waals surface area (Å²) in [5.41, 5.74) is 0.311. The minimum atomic E-state index is -0.653. The predicted molar refractivity (Wildman–Crippen MR) is 70.9 cm³/mol. The molecule has 0 unspecified atom stereocenters. The number of rotatable bonds is 6. The third kappa shape index (κ3) is 4.62. The Kier molecular flexibility index (Phi) is 5.85. The van der Waals surface area contributed by atoms with Crippen LogP contribution in [0.2, 0.25) is 0 Å². The minimum Gasteiger partial charge on any atom is -0.508 e. The molecule has 0 aliphatic carbocycles. The zero-order valence-electron chi connectivity index (χ0n) is 11.2. The monoisotopic (exact) mass is 265 g/mol. The maximum atomic E-state index is 12.0. The van der Waals surface area contributed by atoms with Crippen molar-refractivity contribution in [2.75, 3.05) is 7.11 Å². The maximum Gasteiger partial charge on any atom is 0.328 e. The van der Waals surface area contributed by atoms with Crippen LogP contribution in [0.4, 0.5) is 0 Å². The van der Waals surface area contributed by atoms with E-state index >= 15 is 0 Å². The van der Waals surface area contributed by atoms with Crippen LogP contribution in [0.5, 0.6) is 5.75 Å². The Morgan fingerprint density at radius 1 is 1.42 bits per heavy atom. The Morgan fingerprint density at radius 2 is 2.16 bits per heavy atom. The van der Waals surface area contributed by atoms with Crippen LogP contribution in [-0.2, 0) is 9.53 Å². The van der Waals surface area contributed by atoms with Crippen molar-refractivity contribution in [2.24, 2.45) is 0 Å². The number of phenolic OH excluding ortho intramolecular Hbond substituents is 1. The van der Waals surface area contributed by atoms with E-state index in [4.69, 9.17) is 0 Å². The van der Waals surface area contributed by atoms with Crippen molar-refractivity contribution < 1.29 is 19.4 Å². The molecular formula is C14H19NO4. The van der Waals surface area contributed by atoms with Crippen LogP contribution in [0.25, 0.3) is 0 Å². The Hall–Kier alpha value is -2.04. The normalized spacial score (nSPS) is 11.7. The second-order valence-electron chi connectivity index (χ2n) is 4.24. The van der Waals surface area contributed by atoms with E-state index in [9.17, 15) is 14.7 Å². The molecule has 1 atom stereocenters. The average molecular weight is 265 g/mol. The average Bonchev–Trinajstić information content (AvgIpc) is 2.42. The first-order chi connectivity index (χ1) is 9.08. The van der Waals surface area contributed by atoms with E-state index in [1.807, 2.05) is 6.92 Å². The number of esters is 1. The predicted octanol–water partition coefficient (Wildman–Crippen LogP) is 1.85. The molecule has 0 aliphatic rings. The van der Waals surface area contributed by atoms with Gasteiger partial charge in [-0.3, -0.25) is 4.79 Å². The first-order valence-electron chi connectivity index (χ1n) is 6.26. The van der Waals surface area contributed by atoms with Crippen LogP contribution < -0.4 is 5.32 Å². The molecule has 104 valence electrons. The van der Waals surface area contributed by atoms with E-state index in [0.717, 1.165) is 12.8 Å². The number of methoxy groups -OCH3 is 1. The van der Waals surface area contributed by atoms with Gasteiger partial charge in [0, 0.05) is 5.56 Å². The number of carbonyl (C=O) groups is 2. The molecule has 0 spiro atoms. The van der Waals surface area contributed by atoms with Crippen molar-refractivity contribution in [3.05, 3.63) is 29.8 Å². The van der Waals surface area contributed by atoms with Crippen LogP contribution in [0.3, 0.4) is 0 Å². The number of hydrogen-bond donors (Lipinski definition) is 2. The molecule has 0 saturated carbocycles. The molecular weight excluding hydrogens is 246 g/mol. The highest BCUT2D eigenvalue weighted by Crippen LogP contribution is 2.11. The number of nitrogens with one attached hydrogen (secondary N) is 1. The zero-order chi connectivity index (χ0) is 14.3. The molecule has 0 radical (unpaired) electrons. The molecule has 0 aliphatic heterocycles. The lowest BCUT2D eigenvalue weighted by atomic mass is 10.1. The molecule has 1 aromatic rings. The first kappa shape index (κ1) is 15.0. The van der Waals surface area contributed by atoms with Crippen molar-refractivity contribution in [2.45, 2.75) is 32.2 Å². The van der Waals surface area contributed by atoms with Gasteiger partial charge in [0.15, 0.2) is 0 Å². The van der Waals surface area contributed by atoms with Crippen molar-refractivity contribution in [3.8, 4) is 5.75 Å². The van der Waals surface area contributed by atoms with Crippen molar-refractivity contribution >= 4 is 11.9 Å². The summed E-state index contributed by atoms with van der Waals surface area (Å²) in [6, 6.07) is 5.32. The lowest BCUT2D eigenvalue weighted by Crippen LogP contribution is -2.41. The highest BCUT2D eigenvalue weighted by atomic mass is 16.5. The number of carbonyl (C=O) groups excluding carboxylic acids is 2. The topological polar surface area (TPSA) is 75.6 Å².